The lowest BCUT2D eigenvalue weighted by Gasteiger charge is -2.06. The van der Waals surface area contributed by atoms with Crippen molar-refractivity contribution in [3.05, 3.63) is 66.3 Å². The van der Waals surface area contributed by atoms with Crippen molar-refractivity contribution < 1.29 is 8.91 Å². The highest BCUT2D eigenvalue weighted by atomic mass is 19.1. The Labute approximate surface area is 155 Å². The second-order valence-electron chi connectivity index (χ2n) is 6.81. The average molecular weight is 363 g/mol. The minimum Gasteiger partial charge on any atom is -0.337 e. The van der Waals surface area contributed by atoms with Crippen LogP contribution >= 0.6 is 0 Å². The van der Waals surface area contributed by atoms with Gasteiger partial charge in [-0.05, 0) is 23.8 Å². The highest BCUT2D eigenvalue weighted by Gasteiger charge is 2.29. The predicted octanol–water partition coefficient (Wildman–Crippen LogP) is 3.51. The van der Waals surface area contributed by atoms with Gasteiger partial charge in [-0.2, -0.15) is 4.98 Å². The summed E-state index contributed by atoms with van der Waals surface area (Å²) in [7, 11) is 0. The molecule has 2 aromatic carbocycles. The van der Waals surface area contributed by atoms with E-state index in [-0.39, 0.29) is 6.04 Å². The molecule has 0 amide bonds. The number of imidazole rings is 1. The van der Waals surface area contributed by atoms with Crippen molar-refractivity contribution in [3.63, 3.8) is 0 Å². The van der Waals surface area contributed by atoms with Gasteiger partial charge >= 0.3 is 0 Å². The van der Waals surface area contributed by atoms with E-state index in [0.29, 0.717) is 31.2 Å². The first-order chi connectivity index (χ1) is 13.3. The Hall–Kier alpha value is -3.06. The smallest absolute Gasteiger partial charge is 0.244 e. The number of benzene rings is 2. The van der Waals surface area contributed by atoms with Gasteiger partial charge in [0.25, 0.3) is 0 Å². The van der Waals surface area contributed by atoms with Crippen LogP contribution in [0.1, 0.15) is 23.9 Å². The van der Waals surface area contributed by atoms with Gasteiger partial charge in [0.1, 0.15) is 6.17 Å². The van der Waals surface area contributed by atoms with Crippen LogP contribution in [0.2, 0.25) is 0 Å². The number of rotatable bonds is 4. The molecule has 0 unspecified atom stereocenters. The van der Waals surface area contributed by atoms with Gasteiger partial charge in [0, 0.05) is 25.1 Å². The van der Waals surface area contributed by atoms with Crippen LogP contribution in [0.15, 0.2) is 59.4 Å². The summed E-state index contributed by atoms with van der Waals surface area (Å²) >= 11 is 0. The summed E-state index contributed by atoms with van der Waals surface area (Å²) in [6.07, 6.45) is 1.36. The van der Waals surface area contributed by atoms with Crippen LogP contribution < -0.4 is 5.32 Å². The highest BCUT2D eigenvalue weighted by Crippen LogP contribution is 2.26. The maximum absolute atomic E-state index is 13.4. The van der Waals surface area contributed by atoms with Gasteiger partial charge in [0.05, 0.1) is 23.4 Å². The van der Waals surface area contributed by atoms with Crippen LogP contribution in [-0.2, 0) is 6.54 Å². The summed E-state index contributed by atoms with van der Waals surface area (Å²) in [6.45, 7) is 1.03. The predicted molar refractivity (Wildman–Crippen MR) is 98.8 cm³/mol. The summed E-state index contributed by atoms with van der Waals surface area (Å²) < 4.78 is 20.8. The Morgan fingerprint density at radius 3 is 3.00 bits per heavy atom. The molecule has 0 radical (unpaired) electrons. The molecule has 136 valence electrons. The van der Waals surface area contributed by atoms with E-state index in [4.69, 9.17) is 4.52 Å². The van der Waals surface area contributed by atoms with E-state index in [9.17, 15) is 4.39 Å². The number of aromatic nitrogens is 4. The molecule has 3 heterocycles. The molecule has 1 N–H and O–H groups in total. The topological polar surface area (TPSA) is 68.8 Å². The number of hydrogen-bond acceptors (Lipinski definition) is 5. The lowest BCUT2D eigenvalue weighted by atomic mass is 10.1. The molecule has 1 saturated heterocycles. The summed E-state index contributed by atoms with van der Waals surface area (Å²) in [4.78, 5) is 8.89. The molecule has 2 atom stereocenters. The van der Waals surface area contributed by atoms with Crippen molar-refractivity contribution in [2.75, 3.05) is 6.54 Å². The van der Waals surface area contributed by atoms with Crippen molar-refractivity contribution in [2.24, 2.45) is 0 Å². The number of para-hydroxylation sites is 2. The van der Waals surface area contributed by atoms with E-state index in [0.717, 1.165) is 22.2 Å². The molecule has 4 aromatic rings. The maximum atomic E-state index is 13.4. The lowest BCUT2D eigenvalue weighted by Crippen LogP contribution is -2.14. The Kier molecular flexibility index (Phi) is 3.94. The van der Waals surface area contributed by atoms with Crippen LogP contribution in [0.3, 0.4) is 0 Å². The number of fused-ring (bicyclic) bond motifs is 1. The molecule has 1 aliphatic rings. The minimum atomic E-state index is -0.862. The fraction of sp³-hybridized carbons (Fsp3) is 0.250. The second-order valence-corrected chi connectivity index (χ2v) is 6.81. The summed E-state index contributed by atoms with van der Waals surface area (Å²) in [5.41, 5.74) is 4.07. The molecule has 0 aliphatic carbocycles. The summed E-state index contributed by atoms with van der Waals surface area (Å²) in [5.74, 6) is 0.961. The van der Waals surface area contributed by atoms with E-state index in [1.807, 2.05) is 42.7 Å². The number of nitrogens with one attached hydrogen (secondary N) is 1. The Morgan fingerprint density at radius 2 is 2.11 bits per heavy atom. The maximum Gasteiger partial charge on any atom is 0.244 e. The molecule has 27 heavy (non-hydrogen) atoms. The van der Waals surface area contributed by atoms with E-state index < -0.39 is 6.17 Å². The van der Waals surface area contributed by atoms with E-state index in [1.165, 1.54) is 0 Å². The second kappa shape index (κ2) is 6.59. The first-order valence-electron chi connectivity index (χ1n) is 8.96. The van der Waals surface area contributed by atoms with Crippen molar-refractivity contribution in [3.8, 4) is 11.4 Å². The Morgan fingerprint density at radius 1 is 1.19 bits per heavy atom. The molecular formula is C20H18FN5O. The quantitative estimate of drug-likeness (QED) is 0.601. The van der Waals surface area contributed by atoms with Gasteiger partial charge in [0.2, 0.25) is 11.7 Å². The first kappa shape index (κ1) is 16.1. The van der Waals surface area contributed by atoms with E-state index in [1.54, 1.807) is 0 Å². The van der Waals surface area contributed by atoms with Crippen LogP contribution in [0.5, 0.6) is 0 Å². The molecule has 0 spiro atoms. The van der Waals surface area contributed by atoms with E-state index >= 15 is 0 Å². The third kappa shape index (κ3) is 3.10. The van der Waals surface area contributed by atoms with Crippen LogP contribution in [0.4, 0.5) is 4.39 Å². The van der Waals surface area contributed by atoms with Gasteiger partial charge in [-0.1, -0.05) is 35.5 Å². The molecule has 5 rings (SSSR count). The number of nitrogens with zero attached hydrogens (tertiary/aromatic N) is 4. The molecule has 0 bridgehead atoms. The zero-order valence-corrected chi connectivity index (χ0v) is 14.5. The molecule has 7 heteroatoms. The van der Waals surface area contributed by atoms with E-state index in [2.05, 4.69) is 37.1 Å². The summed E-state index contributed by atoms with van der Waals surface area (Å²) in [5, 5.41) is 7.14. The van der Waals surface area contributed by atoms with Gasteiger partial charge in [0.15, 0.2) is 0 Å². The number of alkyl halides is 1. The molecule has 1 aliphatic heterocycles. The Bertz CT molecular complexity index is 1090. The minimum absolute atomic E-state index is 0.207. The number of halogens is 1. The van der Waals surface area contributed by atoms with Crippen LogP contribution in [-0.4, -0.2) is 32.4 Å². The highest BCUT2D eigenvalue weighted by molar-refractivity contribution is 5.75. The van der Waals surface area contributed by atoms with Crippen LogP contribution in [0.25, 0.3) is 22.4 Å². The largest absolute Gasteiger partial charge is 0.337 e. The lowest BCUT2D eigenvalue weighted by molar-refractivity contribution is 0.324. The van der Waals surface area contributed by atoms with Crippen molar-refractivity contribution in [1.29, 1.82) is 0 Å². The van der Waals surface area contributed by atoms with Crippen LogP contribution in [0, 0.1) is 0 Å². The summed E-state index contributed by atoms with van der Waals surface area (Å²) in [6, 6.07) is 15.9. The third-order valence-electron chi connectivity index (χ3n) is 4.88. The zero-order chi connectivity index (χ0) is 18.2. The van der Waals surface area contributed by atoms with Gasteiger partial charge in [-0.15, -0.1) is 0 Å². The fourth-order valence-corrected chi connectivity index (χ4v) is 3.52. The van der Waals surface area contributed by atoms with Gasteiger partial charge in [-0.25, -0.2) is 9.37 Å². The third-order valence-corrected chi connectivity index (χ3v) is 4.88. The zero-order valence-electron chi connectivity index (χ0n) is 14.5. The monoisotopic (exact) mass is 363 g/mol. The number of hydrogen-bond donors (Lipinski definition) is 1. The SMILES string of the molecule is F[C@@H]1CN[C@@H](c2nc(-c3cccc(Cn4cnc5ccccc54)c3)no2)C1. The first-order valence-corrected chi connectivity index (χ1v) is 8.96. The molecule has 0 saturated carbocycles. The van der Waals surface area contributed by atoms with Crippen molar-refractivity contribution >= 4 is 11.0 Å². The van der Waals surface area contributed by atoms with Crippen molar-refractivity contribution in [1.82, 2.24) is 25.0 Å². The fourth-order valence-electron chi connectivity index (χ4n) is 3.52. The molecule has 1 fully saturated rings. The standard InChI is InChI=1S/C20H18FN5O/c21-15-9-17(22-10-15)20-24-19(25-27-20)14-5-3-4-13(8-14)11-26-12-23-16-6-1-2-7-18(16)26/h1-8,12,15,17,22H,9-11H2/t15-,17+/m0/s1. The Balaban J connectivity index is 1.40. The normalized spacial score (nSPS) is 19.7. The van der Waals surface area contributed by atoms with Gasteiger partial charge < -0.3 is 14.4 Å². The van der Waals surface area contributed by atoms with Gasteiger partial charge in [-0.3, -0.25) is 0 Å². The molecule has 6 nitrogen and oxygen atoms in total. The molecule has 2 aromatic heterocycles. The van der Waals surface area contributed by atoms with Crippen molar-refractivity contribution in [2.45, 2.75) is 25.2 Å². The average Bonchev–Trinajstić information content (AvgIpc) is 3.42. The molecular weight excluding hydrogens is 345 g/mol.